The van der Waals surface area contributed by atoms with Crippen LogP contribution in [0.4, 0.5) is 5.69 Å². The summed E-state index contributed by atoms with van der Waals surface area (Å²) in [6.07, 6.45) is 0. The van der Waals surface area contributed by atoms with Crippen molar-refractivity contribution in [3.8, 4) is 17.6 Å². The monoisotopic (exact) mass is 431 g/mol. The number of nitriles is 1. The van der Waals surface area contributed by atoms with Crippen molar-refractivity contribution in [2.75, 3.05) is 31.8 Å². The summed E-state index contributed by atoms with van der Waals surface area (Å²) >= 11 is 6.10. The van der Waals surface area contributed by atoms with Crippen molar-refractivity contribution in [3.63, 3.8) is 0 Å². The smallest absolute Gasteiger partial charge is 0.338 e. The second-order valence-corrected chi connectivity index (χ2v) is 6.20. The Balaban J connectivity index is 2.11. The molecule has 0 aliphatic rings. The van der Waals surface area contributed by atoms with Crippen LogP contribution in [0.5, 0.6) is 11.5 Å². The number of carbonyl (C=O) groups excluding carboxylic acids is 3. The van der Waals surface area contributed by atoms with E-state index in [1.54, 1.807) is 30.3 Å². The van der Waals surface area contributed by atoms with Gasteiger partial charge in [0.25, 0.3) is 11.8 Å². The molecule has 0 heterocycles. The number of nitrogens with zero attached hydrogens (tertiary/aromatic N) is 2. The van der Waals surface area contributed by atoms with Crippen molar-refractivity contribution in [2.24, 2.45) is 5.73 Å². The van der Waals surface area contributed by atoms with Crippen molar-refractivity contribution in [2.45, 2.75) is 0 Å². The second-order valence-electron chi connectivity index (χ2n) is 5.79. The van der Waals surface area contributed by atoms with Crippen molar-refractivity contribution >= 4 is 35.1 Å². The minimum atomic E-state index is -0.838. The molecule has 2 aromatic rings. The predicted octanol–water partition coefficient (Wildman–Crippen LogP) is 1.93. The van der Waals surface area contributed by atoms with Crippen molar-refractivity contribution in [3.05, 3.63) is 53.1 Å². The van der Waals surface area contributed by atoms with E-state index in [0.717, 1.165) is 0 Å². The largest absolute Gasteiger partial charge is 0.493 e. The highest BCUT2D eigenvalue weighted by molar-refractivity contribution is 6.32. The summed E-state index contributed by atoms with van der Waals surface area (Å²) in [7, 11) is 1.32. The van der Waals surface area contributed by atoms with E-state index in [0.29, 0.717) is 5.69 Å². The Kier molecular flexibility index (Phi) is 8.02. The molecule has 0 saturated heterocycles. The second kappa shape index (κ2) is 10.7. The number of amides is 2. The van der Waals surface area contributed by atoms with E-state index in [2.05, 4.69) is 0 Å². The standard InChI is InChI=1S/C20H18ClN3O6/c1-28-16-10-13(9-15(21)19(16)29-11-17(23)25)20(27)30-12-18(26)24(8-7-22)14-5-3-2-4-6-14/h2-6,9-10H,8,11-12H2,1H3,(H2,23,25). The van der Waals surface area contributed by atoms with Crippen LogP contribution in [0.15, 0.2) is 42.5 Å². The van der Waals surface area contributed by atoms with E-state index in [-0.39, 0.29) is 28.6 Å². The van der Waals surface area contributed by atoms with Gasteiger partial charge in [-0.2, -0.15) is 5.26 Å². The molecule has 9 nitrogen and oxygen atoms in total. The van der Waals surface area contributed by atoms with E-state index >= 15 is 0 Å². The van der Waals surface area contributed by atoms with Crippen LogP contribution in [-0.2, 0) is 14.3 Å². The molecule has 2 aromatic carbocycles. The lowest BCUT2D eigenvalue weighted by atomic mass is 10.2. The number of esters is 1. The highest BCUT2D eigenvalue weighted by Gasteiger charge is 2.21. The fourth-order valence-electron chi connectivity index (χ4n) is 2.41. The van der Waals surface area contributed by atoms with Crippen molar-refractivity contribution in [1.82, 2.24) is 0 Å². The molecular formula is C20H18ClN3O6. The molecule has 0 unspecified atom stereocenters. The summed E-state index contributed by atoms with van der Waals surface area (Å²) in [6.45, 7) is -1.22. The predicted molar refractivity (Wildman–Crippen MR) is 107 cm³/mol. The molecule has 0 aliphatic carbocycles. The molecular weight excluding hydrogens is 414 g/mol. The average molecular weight is 432 g/mol. The van der Waals surface area contributed by atoms with Crippen molar-refractivity contribution in [1.29, 1.82) is 5.26 Å². The van der Waals surface area contributed by atoms with Gasteiger partial charge < -0.3 is 19.9 Å². The normalized spacial score (nSPS) is 9.90. The van der Waals surface area contributed by atoms with Gasteiger partial charge in [-0.25, -0.2) is 4.79 Å². The van der Waals surface area contributed by atoms with Gasteiger partial charge in [0.2, 0.25) is 0 Å². The highest BCUT2D eigenvalue weighted by atomic mass is 35.5. The lowest BCUT2D eigenvalue weighted by molar-refractivity contribution is -0.121. The van der Waals surface area contributed by atoms with Crippen molar-refractivity contribution < 1.29 is 28.6 Å². The van der Waals surface area contributed by atoms with E-state index < -0.39 is 31.0 Å². The van der Waals surface area contributed by atoms with Gasteiger partial charge in [-0.3, -0.25) is 14.5 Å². The molecule has 0 aromatic heterocycles. The summed E-state index contributed by atoms with van der Waals surface area (Å²) in [6, 6.07) is 13.0. The van der Waals surface area contributed by atoms with Gasteiger partial charge in [0.05, 0.1) is 23.8 Å². The molecule has 0 aliphatic heterocycles. The molecule has 2 N–H and O–H groups in total. The van der Waals surface area contributed by atoms with Crippen LogP contribution in [0.2, 0.25) is 5.02 Å². The van der Waals surface area contributed by atoms with E-state index in [9.17, 15) is 14.4 Å². The maximum Gasteiger partial charge on any atom is 0.338 e. The Bertz CT molecular complexity index is 974. The van der Waals surface area contributed by atoms with Gasteiger partial charge in [0.1, 0.15) is 6.54 Å². The van der Waals surface area contributed by atoms with Crippen LogP contribution in [0.25, 0.3) is 0 Å². The summed E-state index contributed by atoms with van der Waals surface area (Å²) in [5, 5.41) is 8.96. The van der Waals surface area contributed by atoms with Gasteiger partial charge >= 0.3 is 5.97 Å². The average Bonchev–Trinajstić information content (AvgIpc) is 2.74. The Morgan fingerprint density at radius 2 is 1.87 bits per heavy atom. The number of halogens is 1. The van der Waals surface area contributed by atoms with Gasteiger partial charge in [0, 0.05) is 5.69 Å². The SMILES string of the molecule is COc1cc(C(=O)OCC(=O)N(CC#N)c2ccccc2)cc(Cl)c1OCC(N)=O. The third kappa shape index (κ3) is 5.86. The zero-order chi connectivity index (χ0) is 22.1. The zero-order valence-corrected chi connectivity index (χ0v) is 16.7. The number of carbonyl (C=O) groups is 3. The van der Waals surface area contributed by atoms with Crippen LogP contribution in [0, 0.1) is 11.3 Å². The van der Waals surface area contributed by atoms with Crippen LogP contribution in [-0.4, -0.2) is 44.7 Å². The lowest BCUT2D eigenvalue weighted by Crippen LogP contribution is -2.35. The molecule has 2 amide bonds. The summed E-state index contributed by atoms with van der Waals surface area (Å²) in [5.74, 6) is -2.01. The molecule has 0 bridgehead atoms. The molecule has 10 heteroatoms. The van der Waals surface area contributed by atoms with E-state index in [1.165, 1.54) is 24.1 Å². The maximum absolute atomic E-state index is 12.4. The van der Waals surface area contributed by atoms with Crippen LogP contribution >= 0.6 is 11.6 Å². The van der Waals surface area contributed by atoms with E-state index in [4.69, 9.17) is 36.8 Å². The number of benzene rings is 2. The molecule has 0 atom stereocenters. The first-order valence-electron chi connectivity index (χ1n) is 8.55. The summed E-state index contributed by atoms with van der Waals surface area (Å²) < 4.78 is 15.4. The van der Waals surface area contributed by atoms with Crippen LogP contribution in [0.1, 0.15) is 10.4 Å². The minimum absolute atomic E-state index is 0.00243. The van der Waals surface area contributed by atoms with Crippen LogP contribution < -0.4 is 20.1 Å². The fraction of sp³-hybridized carbons (Fsp3) is 0.200. The first-order valence-corrected chi connectivity index (χ1v) is 8.93. The third-order valence-corrected chi connectivity index (χ3v) is 4.03. The van der Waals surface area contributed by atoms with E-state index in [1.807, 2.05) is 6.07 Å². The summed E-state index contributed by atoms with van der Waals surface area (Å²) in [4.78, 5) is 36.9. The summed E-state index contributed by atoms with van der Waals surface area (Å²) in [5.41, 5.74) is 5.54. The Morgan fingerprint density at radius 3 is 2.47 bits per heavy atom. The fourth-order valence-corrected chi connectivity index (χ4v) is 2.68. The van der Waals surface area contributed by atoms with Gasteiger partial charge in [-0.05, 0) is 24.3 Å². The number of hydrogen-bond donors (Lipinski definition) is 1. The Labute approximate surface area is 177 Å². The number of para-hydroxylation sites is 1. The molecule has 0 saturated carbocycles. The number of anilines is 1. The minimum Gasteiger partial charge on any atom is -0.493 e. The molecule has 0 radical (unpaired) electrons. The Morgan fingerprint density at radius 1 is 1.17 bits per heavy atom. The number of nitrogens with two attached hydrogens (primary N) is 1. The van der Waals surface area contributed by atoms with Gasteiger partial charge in [-0.1, -0.05) is 29.8 Å². The number of methoxy groups -OCH3 is 1. The van der Waals surface area contributed by atoms with Gasteiger partial charge in [-0.15, -0.1) is 0 Å². The third-order valence-electron chi connectivity index (χ3n) is 3.75. The molecule has 0 spiro atoms. The number of ether oxygens (including phenoxy) is 3. The lowest BCUT2D eigenvalue weighted by Gasteiger charge is -2.19. The molecule has 2 rings (SSSR count). The topological polar surface area (TPSA) is 132 Å². The molecule has 0 fully saturated rings. The number of rotatable bonds is 9. The van der Waals surface area contributed by atoms with Gasteiger partial charge in [0.15, 0.2) is 24.7 Å². The Hall–Kier alpha value is -3.77. The zero-order valence-electron chi connectivity index (χ0n) is 16.0. The molecule has 30 heavy (non-hydrogen) atoms. The highest BCUT2D eigenvalue weighted by Crippen LogP contribution is 2.36. The number of hydrogen-bond acceptors (Lipinski definition) is 7. The first-order chi connectivity index (χ1) is 14.4. The quantitative estimate of drug-likeness (QED) is 0.473. The number of primary amides is 1. The maximum atomic E-state index is 12.4. The first kappa shape index (κ1) is 22.5. The molecule has 156 valence electrons. The van der Waals surface area contributed by atoms with Crippen LogP contribution in [0.3, 0.4) is 0 Å².